The third kappa shape index (κ3) is 5.83. The van der Waals surface area contributed by atoms with Gasteiger partial charge in [-0.1, -0.05) is 12.1 Å². The second-order valence-corrected chi connectivity index (χ2v) is 7.67. The van der Waals surface area contributed by atoms with Crippen molar-refractivity contribution >= 4 is 27.6 Å². The number of ether oxygens (including phenoxy) is 1. The number of amides is 1. The molecule has 2 N–H and O–H groups in total. The maximum absolute atomic E-state index is 13.1. The van der Waals surface area contributed by atoms with E-state index in [0.717, 1.165) is 23.8 Å². The predicted molar refractivity (Wildman–Crippen MR) is 97.1 cm³/mol. The van der Waals surface area contributed by atoms with Crippen LogP contribution in [0.2, 0.25) is 0 Å². The quantitative estimate of drug-likeness (QED) is 0.678. The van der Waals surface area contributed by atoms with Gasteiger partial charge in [-0.25, -0.2) is 17.2 Å². The zero-order chi connectivity index (χ0) is 20.9. The van der Waals surface area contributed by atoms with Gasteiger partial charge in [0.1, 0.15) is 6.54 Å². The Bertz CT molecular complexity index is 1010. The standard InChI is InChI=1S/C18H18F2N2O5S/c1-11-3-4-12(2)16(7-11)28(25,26)21-9-18(24)27-10-17(23)22-13-5-6-14(19)15(20)8-13/h3-8,21H,9-10H2,1-2H3,(H,22,23). The summed E-state index contributed by atoms with van der Waals surface area (Å²) in [5.41, 5.74) is 1.23. The van der Waals surface area contributed by atoms with Crippen LogP contribution in [0, 0.1) is 25.5 Å². The number of carbonyl (C=O) groups excluding carboxylic acids is 2. The molecular weight excluding hydrogens is 394 g/mol. The van der Waals surface area contributed by atoms with Crippen LogP contribution in [0.4, 0.5) is 14.5 Å². The Morgan fingerprint density at radius 3 is 2.43 bits per heavy atom. The lowest BCUT2D eigenvalue weighted by Gasteiger charge is -2.10. The van der Waals surface area contributed by atoms with Gasteiger partial charge < -0.3 is 10.1 Å². The molecule has 0 fully saturated rings. The number of rotatable bonds is 7. The van der Waals surface area contributed by atoms with Gasteiger partial charge in [-0.2, -0.15) is 4.72 Å². The molecule has 150 valence electrons. The minimum atomic E-state index is -3.93. The Kier molecular flexibility index (Phi) is 6.81. The van der Waals surface area contributed by atoms with Gasteiger partial charge in [-0.3, -0.25) is 9.59 Å². The molecule has 0 aliphatic heterocycles. The van der Waals surface area contributed by atoms with Crippen LogP contribution in [0.15, 0.2) is 41.3 Å². The molecular formula is C18H18F2N2O5S. The van der Waals surface area contributed by atoms with Crippen molar-refractivity contribution < 1.29 is 31.5 Å². The summed E-state index contributed by atoms with van der Waals surface area (Å²) in [6.07, 6.45) is 0. The van der Waals surface area contributed by atoms with E-state index in [-0.39, 0.29) is 10.6 Å². The number of nitrogens with one attached hydrogen (secondary N) is 2. The summed E-state index contributed by atoms with van der Waals surface area (Å²) in [5, 5.41) is 2.22. The maximum atomic E-state index is 13.1. The Morgan fingerprint density at radius 2 is 1.75 bits per heavy atom. The fourth-order valence-corrected chi connectivity index (χ4v) is 3.49. The fraction of sp³-hybridized carbons (Fsp3) is 0.222. The number of benzene rings is 2. The third-order valence-corrected chi connectivity index (χ3v) is 5.15. The molecule has 1 amide bonds. The molecule has 2 aromatic rings. The maximum Gasteiger partial charge on any atom is 0.321 e. The third-order valence-electron chi connectivity index (χ3n) is 3.61. The number of hydrogen-bond acceptors (Lipinski definition) is 5. The molecule has 0 radical (unpaired) electrons. The van der Waals surface area contributed by atoms with Gasteiger partial charge in [-0.05, 0) is 43.2 Å². The van der Waals surface area contributed by atoms with Gasteiger partial charge in [0.05, 0.1) is 4.90 Å². The number of sulfonamides is 1. The van der Waals surface area contributed by atoms with Crippen LogP contribution in [0.3, 0.4) is 0 Å². The molecule has 0 saturated heterocycles. The molecule has 0 atom stereocenters. The molecule has 0 heterocycles. The van der Waals surface area contributed by atoms with E-state index in [2.05, 4.69) is 14.8 Å². The van der Waals surface area contributed by atoms with E-state index in [4.69, 9.17) is 0 Å². The van der Waals surface area contributed by atoms with Crippen LogP contribution >= 0.6 is 0 Å². The largest absolute Gasteiger partial charge is 0.455 e. The topological polar surface area (TPSA) is 102 Å². The number of esters is 1. The molecule has 0 spiro atoms. The summed E-state index contributed by atoms with van der Waals surface area (Å²) in [6.45, 7) is 1.96. The molecule has 0 unspecified atom stereocenters. The lowest BCUT2D eigenvalue weighted by Crippen LogP contribution is -2.32. The number of anilines is 1. The van der Waals surface area contributed by atoms with Gasteiger partial charge in [0.15, 0.2) is 18.2 Å². The molecule has 28 heavy (non-hydrogen) atoms. The Balaban J connectivity index is 1.85. The second-order valence-electron chi connectivity index (χ2n) is 5.93. The number of hydrogen-bond donors (Lipinski definition) is 2. The lowest BCUT2D eigenvalue weighted by atomic mass is 10.2. The molecule has 10 heteroatoms. The Morgan fingerprint density at radius 1 is 1.04 bits per heavy atom. The van der Waals surface area contributed by atoms with Crippen molar-refractivity contribution in [3.63, 3.8) is 0 Å². The second kappa shape index (κ2) is 8.89. The highest BCUT2D eigenvalue weighted by atomic mass is 32.2. The highest BCUT2D eigenvalue weighted by molar-refractivity contribution is 7.89. The SMILES string of the molecule is Cc1ccc(C)c(S(=O)(=O)NCC(=O)OCC(=O)Nc2ccc(F)c(F)c2)c1. The average molecular weight is 412 g/mol. The molecule has 0 aromatic heterocycles. The van der Waals surface area contributed by atoms with E-state index in [1.807, 2.05) is 0 Å². The molecule has 2 aromatic carbocycles. The van der Waals surface area contributed by atoms with Crippen molar-refractivity contribution in [3.8, 4) is 0 Å². The van der Waals surface area contributed by atoms with E-state index in [0.29, 0.717) is 5.56 Å². The molecule has 0 bridgehead atoms. The highest BCUT2D eigenvalue weighted by Crippen LogP contribution is 2.16. The number of halogens is 2. The minimum Gasteiger partial charge on any atom is -0.455 e. The van der Waals surface area contributed by atoms with Crippen LogP contribution in [0.25, 0.3) is 0 Å². The first kappa shape index (κ1) is 21.5. The zero-order valence-corrected chi connectivity index (χ0v) is 15.9. The smallest absolute Gasteiger partial charge is 0.321 e. The van der Waals surface area contributed by atoms with Gasteiger partial charge in [0.25, 0.3) is 5.91 Å². The fourth-order valence-electron chi connectivity index (χ4n) is 2.20. The zero-order valence-electron chi connectivity index (χ0n) is 15.1. The van der Waals surface area contributed by atoms with Crippen molar-refractivity contribution in [1.82, 2.24) is 4.72 Å². The van der Waals surface area contributed by atoms with Crippen molar-refractivity contribution in [2.24, 2.45) is 0 Å². The normalized spacial score (nSPS) is 11.1. The lowest BCUT2D eigenvalue weighted by molar-refractivity contribution is -0.146. The van der Waals surface area contributed by atoms with Crippen LogP contribution in [0.5, 0.6) is 0 Å². The monoisotopic (exact) mass is 412 g/mol. The van der Waals surface area contributed by atoms with Gasteiger partial charge in [0.2, 0.25) is 10.0 Å². The van der Waals surface area contributed by atoms with Crippen molar-refractivity contribution in [1.29, 1.82) is 0 Å². The Hall–Kier alpha value is -2.85. The van der Waals surface area contributed by atoms with Crippen molar-refractivity contribution in [2.45, 2.75) is 18.7 Å². The van der Waals surface area contributed by atoms with E-state index in [1.54, 1.807) is 26.0 Å². The first-order valence-electron chi connectivity index (χ1n) is 8.06. The summed E-state index contributed by atoms with van der Waals surface area (Å²) < 4.78 is 57.2. The van der Waals surface area contributed by atoms with Crippen molar-refractivity contribution in [3.05, 3.63) is 59.2 Å². The minimum absolute atomic E-state index is 0.0180. The molecule has 0 saturated carbocycles. The van der Waals surface area contributed by atoms with Crippen LogP contribution in [-0.2, 0) is 24.3 Å². The first-order valence-corrected chi connectivity index (χ1v) is 9.54. The van der Waals surface area contributed by atoms with E-state index < -0.39 is 46.7 Å². The first-order chi connectivity index (χ1) is 13.1. The molecule has 0 aliphatic carbocycles. The number of carbonyl (C=O) groups is 2. The summed E-state index contributed by atoms with van der Waals surface area (Å²) in [7, 11) is -3.93. The predicted octanol–water partition coefficient (Wildman–Crippen LogP) is 2.04. The van der Waals surface area contributed by atoms with Crippen LogP contribution in [0.1, 0.15) is 11.1 Å². The molecule has 7 nitrogen and oxygen atoms in total. The van der Waals surface area contributed by atoms with E-state index in [1.165, 1.54) is 6.07 Å². The van der Waals surface area contributed by atoms with Crippen LogP contribution in [-0.4, -0.2) is 33.4 Å². The highest BCUT2D eigenvalue weighted by Gasteiger charge is 2.19. The molecule has 2 rings (SSSR count). The summed E-state index contributed by atoms with van der Waals surface area (Å²) >= 11 is 0. The number of aryl methyl sites for hydroxylation is 2. The van der Waals surface area contributed by atoms with E-state index in [9.17, 15) is 26.8 Å². The summed E-state index contributed by atoms with van der Waals surface area (Å²) in [6, 6.07) is 7.61. The van der Waals surface area contributed by atoms with E-state index >= 15 is 0 Å². The molecule has 0 aliphatic rings. The summed E-state index contributed by atoms with van der Waals surface area (Å²) in [5.74, 6) is -3.98. The van der Waals surface area contributed by atoms with Gasteiger partial charge in [0, 0.05) is 11.8 Å². The van der Waals surface area contributed by atoms with Crippen LogP contribution < -0.4 is 10.0 Å². The Labute approximate surface area is 160 Å². The van der Waals surface area contributed by atoms with Gasteiger partial charge in [-0.15, -0.1) is 0 Å². The van der Waals surface area contributed by atoms with Gasteiger partial charge >= 0.3 is 5.97 Å². The summed E-state index contributed by atoms with van der Waals surface area (Å²) in [4.78, 5) is 23.4. The average Bonchev–Trinajstić information content (AvgIpc) is 2.63. The van der Waals surface area contributed by atoms with Crippen molar-refractivity contribution in [2.75, 3.05) is 18.5 Å².